The van der Waals surface area contributed by atoms with Gasteiger partial charge in [-0.05, 0) is 18.6 Å². The lowest BCUT2D eigenvalue weighted by Gasteiger charge is -2.00. The zero-order valence-electron chi connectivity index (χ0n) is 5.96. The number of hydrogen-bond donors (Lipinski definition) is 1. The molecule has 0 saturated carbocycles. The van der Waals surface area contributed by atoms with Crippen LogP contribution in [0, 0.1) is 0 Å². The van der Waals surface area contributed by atoms with E-state index >= 15 is 0 Å². The average molecular weight is 150 g/mol. The van der Waals surface area contributed by atoms with Gasteiger partial charge in [-0.3, -0.25) is 0 Å². The number of rotatable bonds is 1. The number of allylic oxidation sites excluding steroid dienone is 1. The first-order chi connectivity index (χ1) is 4.72. The fraction of sp³-hybridized carbons (Fsp3) is 0.200. The minimum atomic E-state index is 0. The van der Waals surface area contributed by atoms with E-state index in [1.807, 2.05) is 19.1 Å². The van der Waals surface area contributed by atoms with Crippen molar-refractivity contribution in [1.82, 2.24) is 0 Å². The molecule has 0 aliphatic heterocycles. The van der Waals surface area contributed by atoms with E-state index in [4.69, 9.17) is 0 Å². The molecule has 11 heavy (non-hydrogen) atoms. The molecule has 0 aliphatic rings. The van der Waals surface area contributed by atoms with Gasteiger partial charge < -0.3 is 5.11 Å². The van der Waals surface area contributed by atoms with Gasteiger partial charge in [0.05, 0.1) is 0 Å². The van der Waals surface area contributed by atoms with Crippen LogP contribution >= 0.6 is 0 Å². The van der Waals surface area contributed by atoms with Gasteiger partial charge in [0.1, 0.15) is 5.75 Å². The van der Waals surface area contributed by atoms with Crippen LogP contribution < -0.4 is 0 Å². The Hall–Kier alpha value is -1.24. The Morgan fingerprint density at radius 3 is 2.27 bits per heavy atom. The van der Waals surface area contributed by atoms with Crippen LogP contribution in [0.25, 0.3) is 5.57 Å². The molecule has 0 aromatic heterocycles. The summed E-state index contributed by atoms with van der Waals surface area (Å²) < 4.78 is 0. The maximum Gasteiger partial charge on any atom is 0.123 e. The van der Waals surface area contributed by atoms with Gasteiger partial charge in [-0.2, -0.15) is 0 Å². The summed E-state index contributed by atoms with van der Waals surface area (Å²) in [7, 11) is 0. The fourth-order valence-corrected chi connectivity index (χ4v) is 0.835. The largest absolute Gasteiger partial charge is 0.507 e. The van der Waals surface area contributed by atoms with Crippen LogP contribution in [0.1, 0.15) is 19.9 Å². The highest BCUT2D eigenvalue weighted by Gasteiger charge is 1.96. The minimum Gasteiger partial charge on any atom is -0.507 e. The van der Waals surface area contributed by atoms with Crippen molar-refractivity contribution in [2.24, 2.45) is 0 Å². The van der Waals surface area contributed by atoms with Crippen LogP contribution in [0.15, 0.2) is 30.8 Å². The van der Waals surface area contributed by atoms with Gasteiger partial charge >= 0.3 is 0 Å². The number of aromatic hydroxyl groups is 1. The predicted molar refractivity (Wildman–Crippen MR) is 49.5 cm³/mol. The van der Waals surface area contributed by atoms with Gasteiger partial charge in [0.25, 0.3) is 0 Å². The second-order valence-corrected chi connectivity index (χ2v) is 2.30. The maximum absolute atomic E-state index is 9.22. The molecule has 0 heterocycles. The molecule has 0 amide bonds. The Labute approximate surface area is 68.0 Å². The lowest BCUT2D eigenvalue weighted by molar-refractivity contribution is 0.473. The first-order valence-corrected chi connectivity index (χ1v) is 3.15. The molecule has 0 aliphatic carbocycles. The van der Waals surface area contributed by atoms with Crippen molar-refractivity contribution in [3.8, 4) is 5.75 Å². The lowest BCUT2D eigenvalue weighted by atomic mass is 10.1. The first-order valence-electron chi connectivity index (χ1n) is 3.15. The van der Waals surface area contributed by atoms with Gasteiger partial charge in [-0.1, -0.05) is 32.2 Å². The number of para-hydroxylation sites is 1. The second-order valence-electron chi connectivity index (χ2n) is 2.30. The van der Waals surface area contributed by atoms with Gasteiger partial charge in [0, 0.05) is 5.56 Å². The quantitative estimate of drug-likeness (QED) is 0.652. The lowest BCUT2D eigenvalue weighted by Crippen LogP contribution is -1.76. The molecular weight excluding hydrogens is 136 g/mol. The molecule has 0 bridgehead atoms. The van der Waals surface area contributed by atoms with Crippen molar-refractivity contribution in [3.05, 3.63) is 36.4 Å². The Kier molecular flexibility index (Phi) is 3.38. The zero-order valence-corrected chi connectivity index (χ0v) is 5.96. The Morgan fingerprint density at radius 2 is 1.91 bits per heavy atom. The third kappa shape index (κ3) is 2.11. The monoisotopic (exact) mass is 150 g/mol. The van der Waals surface area contributed by atoms with Crippen LogP contribution in [0.2, 0.25) is 0 Å². The topological polar surface area (TPSA) is 20.2 Å². The van der Waals surface area contributed by atoms with Gasteiger partial charge in [0.2, 0.25) is 0 Å². The summed E-state index contributed by atoms with van der Waals surface area (Å²) in [5.74, 6) is 0.301. The van der Waals surface area contributed by atoms with E-state index in [1.54, 1.807) is 12.1 Å². The van der Waals surface area contributed by atoms with Crippen LogP contribution in [-0.2, 0) is 0 Å². The van der Waals surface area contributed by atoms with E-state index in [0.717, 1.165) is 11.1 Å². The number of hydrogen-bond acceptors (Lipinski definition) is 1. The van der Waals surface area contributed by atoms with E-state index in [9.17, 15) is 5.11 Å². The zero-order chi connectivity index (χ0) is 7.56. The molecule has 0 atom stereocenters. The van der Waals surface area contributed by atoms with E-state index in [0.29, 0.717) is 5.75 Å². The van der Waals surface area contributed by atoms with Gasteiger partial charge in [-0.25, -0.2) is 0 Å². The van der Waals surface area contributed by atoms with E-state index < -0.39 is 0 Å². The Bertz CT molecular complexity index is 251. The molecule has 1 aromatic carbocycles. The molecule has 60 valence electrons. The number of phenolic OH excluding ortho intramolecular Hbond substituents is 1. The van der Waals surface area contributed by atoms with E-state index in [2.05, 4.69) is 6.58 Å². The molecule has 0 spiro atoms. The summed E-state index contributed by atoms with van der Waals surface area (Å²) in [5, 5.41) is 9.22. The van der Waals surface area contributed by atoms with Gasteiger partial charge in [-0.15, -0.1) is 0 Å². The summed E-state index contributed by atoms with van der Waals surface area (Å²) in [6.45, 7) is 5.60. The molecule has 1 nitrogen and oxygen atoms in total. The maximum atomic E-state index is 9.22. The van der Waals surface area contributed by atoms with Crippen LogP contribution in [0.3, 0.4) is 0 Å². The number of phenols is 1. The van der Waals surface area contributed by atoms with E-state index in [-0.39, 0.29) is 7.43 Å². The van der Waals surface area contributed by atoms with E-state index in [1.165, 1.54) is 0 Å². The fourth-order valence-electron chi connectivity index (χ4n) is 0.835. The summed E-state index contributed by atoms with van der Waals surface area (Å²) in [6.07, 6.45) is 0. The predicted octanol–water partition coefficient (Wildman–Crippen LogP) is 3.06. The molecule has 0 saturated heterocycles. The molecule has 0 fully saturated rings. The smallest absolute Gasteiger partial charge is 0.123 e. The molecule has 1 N–H and O–H groups in total. The molecule has 1 heteroatoms. The summed E-state index contributed by atoms with van der Waals surface area (Å²) in [6, 6.07) is 7.17. The van der Waals surface area contributed by atoms with Crippen LogP contribution in [0.4, 0.5) is 0 Å². The van der Waals surface area contributed by atoms with Crippen molar-refractivity contribution in [3.63, 3.8) is 0 Å². The summed E-state index contributed by atoms with van der Waals surface area (Å²) in [5.41, 5.74) is 1.71. The SMILES string of the molecule is C.C=C(C)c1ccccc1O. The third-order valence-electron chi connectivity index (χ3n) is 1.36. The normalized spacial score (nSPS) is 8.45. The molecule has 1 rings (SSSR count). The van der Waals surface area contributed by atoms with Crippen molar-refractivity contribution < 1.29 is 5.11 Å². The van der Waals surface area contributed by atoms with Crippen molar-refractivity contribution in [2.75, 3.05) is 0 Å². The second kappa shape index (κ2) is 3.81. The van der Waals surface area contributed by atoms with Crippen molar-refractivity contribution >= 4 is 5.57 Å². The number of benzene rings is 1. The van der Waals surface area contributed by atoms with Crippen molar-refractivity contribution in [2.45, 2.75) is 14.4 Å². The highest BCUT2D eigenvalue weighted by Crippen LogP contribution is 2.21. The van der Waals surface area contributed by atoms with Crippen LogP contribution in [0.5, 0.6) is 5.75 Å². The molecular formula is C10H14O. The van der Waals surface area contributed by atoms with Gasteiger partial charge in [0.15, 0.2) is 0 Å². The Morgan fingerprint density at radius 1 is 1.36 bits per heavy atom. The average Bonchev–Trinajstić information content (AvgIpc) is 1.88. The van der Waals surface area contributed by atoms with Crippen molar-refractivity contribution in [1.29, 1.82) is 0 Å². The first kappa shape index (κ1) is 9.76. The third-order valence-corrected chi connectivity index (χ3v) is 1.36. The molecule has 1 aromatic rings. The standard InChI is InChI=1S/C9H10O.CH4/c1-7(2)8-5-3-4-6-9(8)10;/h3-6,10H,1H2,2H3;1H4. The highest BCUT2D eigenvalue weighted by molar-refractivity contribution is 5.66. The Balaban J connectivity index is 0.000001000. The minimum absolute atomic E-state index is 0. The van der Waals surface area contributed by atoms with Crippen LogP contribution in [-0.4, -0.2) is 5.11 Å². The summed E-state index contributed by atoms with van der Waals surface area (Å²) >= 11 is 0. The molecule has 0 radical (unpaired) electrons. The molecule has 0 unspecified atom stereocenters. The summed E-state index contributed by atoms with van der Waals surface area (Å²) in [4.78, 5) is 0. The highest BCUT2D eigenvalue weighted by atomic mass is 16.3.